The van der Waals surface area contributed by atoms with Gasteiger partial charge < -0.3 is 9.47 Å². The van der Waals surface area contributed by atoms with E-state index in [1.165, 1.54) is 12.0 Å². The summed E-state index contributed by atoms with van der Waals surface area (Å²) in [6.07, 6.45) is 1.65. The summed E-state index contributed by atoms with van der Waals surface area (Å²) in [5.74, 6) is 0.593. The number of fused-ring (bicyclic) bond motifs is 1. The van der Waals surface area contributed by atoms with Crippen molar-refractivity contribution in [1.29, 1.82) is 0 Å². The maximum Gasteiger partial charge on any atom is 0.293 e. The average molecular weight is 454 g/mol. The van der Waals surface area contributed by atoms with Gasteiger partial charge in [0.25, 0.3) is 11.1 Å². The topological polar surface area (TPSA) is 55.8 Å². The second-order valence-electron chi connectivity index (χ2n) is 6.87. The third kappa shape index (κ3) is 4.27. The van der Waals surface area contributed by atoms with Crippen molar-refractivity contribution >= 4 is 51.4 Å². The van der Waals surface area contributed by atoms with E-state index in [1.807, 2.05) is 49.4 Å². The molecule has 3 aromatic rings. The van der Waals surface area contributed by atoms with Gasteiger partial charge in [-0.25, -0.2) is 0 Å². The van der Waals surface area contributed by atoms with Gasteiger partial charge in [0.2, 0.25) is 0 Å². The minimum atomic E-state index is -0.327. The minimum absolute atomic E-state index is 0.219. The maximum atomic E-state index is 13.0. The number of nitrogens with zero attached hydrogens (tertiary/aromatic N) is 1. The molecule has 0 radical (unpaired) electrons. The molecular weight excluding hydrogens is 434 g/mol. The first-order chi connectivity index (χ1) is 15.0. The van der Waals surface area contributed by atoms with E-state index in [-0.39, 0.29) is 17.7 Å². The standard InChI is InChI=1S/C24H20ClNO4S/c1-3-30-22-19(25)11-15(12-20(22)29-2)13-21-23(27)26(24(28)31-21)14-17-9-6-8-16-7-4-5-10-18(16)17/h4-13H,3,14H2,1-2H3/b21-13-. The van der Waals surface area contributed by atoms with Crippen molar-refractivity contribution in [2.45, 2.75) is 13.5 Å². The molecule has 2 amide bonds. The van der Waals surface area contributed by atoms with Crippen molar-refractivity contribution in [2.75, 3.05) is 13.7 Å². The Balaban J connectivity index is 1.62. The van der Waals surface area contributed by atoms with Crippen molar-refractivity contribution in [3.8, 4) is 11.5 Å². The van der Waals surface area contributed by atoms with Gasteiger partial charge in [-0.2, -0.15) is 0 Å². The van der Waals surface area contributed by atoms with Crippen LogP contribution < -0.4 is 9.47 Å². The number of methoxy groups -OCH3 is 1. The van der Waals surface area contributed by atoms with Gasteiger partial charge in [0.1, 0.15) is 0 Å². The van der Waals surface area contributed by atoms with Crippen molar-refractivity contribution in [3.05, 3.63) is 75.7 Å². The van der Waals surface area contributed by atoms with Gasteiger partial charge in [0.05, 0.1) is 30.2 Å². The molecule has 5 nitrogen and oxygen atoms in total. The largest absolute Gasteiger partial charge is 0.493 e. The molecule has 0 saturated carbocycles. The zero-order valence-electron chi connectivity index (χ0n) is 17.1. The van der Waals surface area contributed by atoms with E-state index in [4.69, 9.17) is 21.1 Å². The Hall–Kier alpha value is -2.96. The van der Waals surface area contributed by atoms with E-state index in [1.54, 1.807) is 18.2 Å². The average Bonchev–Trinajstić information content (AvgIpc) is 3.03. The first-order valence-electron chi connectivity index (χ1n) is 9.74. The summed E-state index contributed by atoms with van der Waals surface area (Å²) in [5, 5.41) is 2.17. The lowest BCUT2D eigenvalue weighted by atomic mass is 10.0. The fourth-order valence-electron chi connectivity index (χ4n) is 3.50. The molecule has 1 saturated heterocycles. The van der Waals surface area contributed by atoms with Crippen LogP contribution in [-0.4, -0.2) is 29.8 Å². The summed E-state index contributed by atoms with van der Waals surface area (Å²) in [6, 6.07) is 17.2. The van der Waals surface area contributed by atoms with Gasteiger partial charge in [-0.15, -0.1) is 0 Å². The number of carbonyl (C=O) groups is 2. The number of thioether (sulfide) groups is 1. The van der Waals surface area contributed by atoms with Gasteiger partial charge in [0.15, 0.2) is 11.5 Å². The smallest absolute Gasteiger partial charge is 0.293 e. The summed E-state index contributed by atoms with van der Waals surface area (Å²) in [5.41, 5.74) is 1.58. The van der Waals surface area contributed by atoms with Crippen molar-refractivity contribution in [2.24, 2.45) is 0 Å². The van der Waals surface area contributed by atoms with Crippen LogP contribution in [0.5, 0.6) is 11.5 Å². The Kier molecular flexibility index (Phi) is 6.20. The predicted molar refractivity (Wildman–Crippen MR) is 125 cm³/mol. The Morgan fingerprint density at radius 2 is 1.87 bits per heavy atom. The summed E-state index contributed by atoms with van der Waals surface area (Å²) < 4.78 is 10.9. The quantitative estimate of drug-likeness (QED) is 0.420. The fourth-order valence-corrected chi connectivity index (χ4v) is 4.61. The van der Waals surface area contributed by atoms with Crippen LogP contribution in [-0.2, 0) is 11.3 Å². The molecule has 0 atom stereocenters. The summed E-state index contributed by atoms with van der Waals surface area (Å²) in [6.45, 7) is 2.52. The van der Waals surface area contributed by atoms with Crippen LogP contribution in [0.1, 0.15) is 18.1 Å². The molecule has 1 aliphatic rings. The van der Waals surface area contributed by atoms with Crippen LogP contribution in [0.4, 0.5) is 4.79 Å². The molecule has 3 aromatic carbocycles. The molecule has 7 heteroatoms. The Morgan fingerprint density at radius 1 is 1.10 bits per heavy atom. The fraction of sp³-hybridized carbons (Fsp3) is 0.167. The first kappa shape index (κ1) is 21.3. The first-order valence-corrected chi connectivity index (χ1v) is 10.9. The summed E-state index contributed by atoms with van der Waals surface area (Å²) >= 11 is 7.25. The van der Waals surface area contributed by atoms with Crippen LogP contribution in [0.2, 0.25) is 5.02 Å². The Morgan fingerprint density at radius 3 is 2.65 bits per heavy atom. The molecule has 0 unspecified atom stereocenters. The highest BCUT2D eigenvalue weighted by Crippen LogP contribution is 2.39. The highest BCUT2D eigenvalue weighted by molar-refractivity contribution is 8.18. The zero-order valence-corrected chi connectivity index (χ0v) is 18.6. The number of hydrogen-bond acceptors (Lipinski definition) is 5. The van der Waals surface area contributed by atoms with E-state index in [0.29, 0.717) is 33.6 Å². The van der Waals surface area contributed by atoms with Gasteiger partial charge >= 0.3 is 0 Å². The highest BCUT2D eigenvalue weighted by Gasteiger charge is 2.35. The van der Waals surface area contributed by atoms with E-state index in [2.05, 4.69) is 0 Å². The number of rotatable bonds is 6. The van der Waals surface area contributed by atoms with E-state index in [9.17, 15) is 9.59 Å². The molecule has 1 heterocycles. The van der Waals surface area contributed by atoms with E-state index >= 15 is 0 Å². The lowest BCUT2D eigenvalue weighted by Crippen LogP contribution is -2.27. The molecule has 31 heavy (non-hydrogen) atoms. The molecule has 1 fully saturated rings. The van der Waals surface area contributed by atoms with Crippen LogP contribution in [0.15, 0.2) is 59.5 Å². The third-order valence-electron chi connectivity index (χ3n) is 4.92. The lowest BCUT2D eigenvalue weighted by molar-refractivity contribution is -0.123. The molecule has 0 spiro atoms. The van der Waals surface area contributed by atoms with Gasteiger partial charge in [-0.05, 0) is 58.8 Å². The normalized spacial score (nSPS) is 15.2. The second-order valence-corrected chi connectivity index (χ2v) is 8.27. The number of amides is 2. The van der Waals surface area contributed by atoms with Crippen molar-refractivity contribution in [1.82, 2.24) is 4.90 Å². The molecule has 158 valence electrons. The summed E-state index contributed by atoms with van der Waals surface area (Å²) in [4.78, 5) is 27.2. The molecular formula is C24H20ClNO4S. The molecule has 0 aromatic heterocycles. The second kappa shape index (κ2) is 9.04. The Labute approximate surface area is 189 Å². The van der Waals surface area contributed by atoms with Crippen molar-refractivity contribution < 1.29 is 19.1 Å². The van der Waals surface area contributed by atoms with Gasteiger partial charge in [0, 0.05) is 0 Å². The lowest BCUT2D eigenvalue weighted by Gasteiger charge is -2.14. The van der Waals surface area contributed by atoms with Gasteiger partial charge in [-0.1, -0.05) is 54.1 Å². The monoisotopic (exact) mass is 453 g/mol. The number of hydrogen-bond donors (Lipinski definition) is 0. The van der Waals surface area contributed by atoms with E-state index < -0.39 is 0 Å². The number of halogens is 1. The highest BCUT2D eigenvalue weighted by atomic mass is 35.5. The number of benzene rings is 3. The predicted octanol–water partition coefficient (Wildman–Crippen LogP) is 6.14. The number of carbonyl (C=O) groups excluding carboxylic acids is 2. The van der Waals surface area contributed by atoms with Gasteiger partial charge in [-0.3, -0.25) is 14.5 Å². The molecule has 0 bridgehead atoms. The summed E-state index contributed by atoms with van der Waals surface area (Å²) in [7, 11) is 1.52. The molecule has 0 N–H and O–H groups in total. The molecule has 0 aliphatic carbocycles. The van der Waals surface area contributed by atoms with E-state index in [0.717, 1.165) is 28.1 Å². The molecule has 1 aliphatic heterocycles. The minimum Gasteiger partial charge on any atom is -0.493 e. The van der Waals surface area contributed by atoms with Crippen molar-refractivity contribution in [3.63, 3.8) is 0 Å². The third-order valence-corrected chi connectivity index (χ3v) is 6.11. The zero-order chi connectivity index (χ0) is 22.0. The Bertz CT molecular complexity index is 1200. The number of imide groups is 1. The SMILES string of the molecule is CCOc1c(Cl)cc(/C=C2\SC(=O)N(Cc3cccc4ccccc34)C2=O)cc1OC. The maximum absolute atomic E-state index is 13.0. The van der Waals surface area contributed by atoms with Crippen LogP contribution in [0, 0.1) is 0 Å². The number of ether oxygens (including phenoxy) is 2. The van der Waals surface area contributed by atoms with Crippen LogP contribution in [0.25, 0.3) is 16.8 Å². The van der Waals surface area contributed by atoms with Crippen LogP contribution in [0.3, 0.4) is 0 Å². The van der Waals surface area contributed by atoms with Crippen LogP contribution >= 0.6 is 23.4 Å². The molecule has 4 rings (SSSR count).